The molecule has 0 heterocycles. The van der Waals surface area contributed by atoms with E-state index in [9.17, 15) is 13.2 Å². The summed E-state index contributed by atoms with van der Waals surface area (Å²) in [5, 5.41) is -0.351. The van der Waals surface area contributed by atoms with E-state index in [4.69, 9.17) is 21.1 Å². The summed E-state index contributed by atoms with van der Waals surface area (Å²) in [6, 6.07) is 9.46. The first kappa shape index (κ1) is 22.5. The highest BCUT2D eigenvalue weighted by Gasteiger charge is 2.33. The summed E-state index contributed by atoms with van der Waals surface area (Å²) in [6.45, 7) is 8.79. The van der Waals surface area contributed by atoms with Crippen molar-refractivity contribution in [3.05, 3.63) is 64.7 Å². The maximum absolute atomic E-state index is 12.9. The third kappa shape index (κ3) is 6.67. The van der Waals surface area contributed by atoms with E-state index in [1.807, 2.05) is 25.1 Å². The highest BCUT2D eigenvalue weighted by Crippen LogP contribution is 2.36. The molecule has 0 aromatic heterocycles. The summed E-state index contributed by atoms with van der Waals surface area (Å²) in [7, 11) is 0. The van der Waals surface area contributed by atoms with E-state index in [1.54, 1.807) is 11.8 Å². The van der Waals surface area contributed by atoms with Crippen LogP contribution >= 0.6 is 23.4 Å². The van der Waals surface area contributed by atoms with Gasteiger partial charge in [-0.05, 0) is 60.9 Å². The van der Waals surface area contributed by atoms with Crippen molar-refractivity contribution >= 4 is 23.4 Å². The first-order valence-corrected chi connectivity index (χ1v) is 10.1. The Balaban J connectivity index is 1.87. The molecule has 0 saturated carbocycles. The molecule has 0 radical (unpaired) electrons. The number of hydrogen-bond acceptors (Lipinski definition) is 3. The van der Waals surface area contributed by atoms with Gasteiger partial charge in [0, 0.05) is 10.6 Å². The van der Waals surface area contributed by atoms with E-state index in [0.29, 0.717) is 12.4 Å². The number of thioether (sulfide) groups is 1. The van der Waals surface area contributed by atoms with Crippen LogP contribution in [0.3, 0.4) is 0 Å². The summed E-state index contributed by atoms with van der Waals surface area (Å²) in [4.78, 5) is 1.06. The fraction of sp³-hybridized carbons (Fsp3) is 0.333. The highest BCUT2D eigenvalue weighted by molar-refractivity contribution is 7.99. The number of ether oxygens (including phenoxy) is 2. The summed E-state index contributed by atoms with van der Waals surface area (Å²) >= 11 is 7.19. The van der Waals surface area contributed by atoms with Gasteiger partial charge in [0.25, 0.3) is 0 Å². The second kappa shape index (κ2) is 10.1. The molecule has 0 saturated heterocycles. The lowest BCUT2D eigenvalue weighted by molar-refractivity contribution is -0.137. The van der Waals surface area contributed by atoms with Crippen molar-refractivity contribution in [2.45, 2.75) is 31.3 Å². The van der Waals surface area contributed by atoms with Crippen LogP contribution in [0.4, 0.5) is 13.2 Å². The van der Waals surface area contributed by atoms with Crippen LogP contribution in [0.5, 0.6) is 11.5 Å². The number of rotatable bonds is 9. The minimum absolute atomic E-state index is 0.108. The van der Waals surface area contributed by atoms with E-state index >= 15 is 0 Å². The average Bonchev–Trinajstić information content (AvgIpc) is 2.64. The first-order chi connectivity index (χ1) is 13.2. The van der Waals surface area contributed by atoms with Gasteiger partial charge in [0.05, 0.1) is 17.2 Å². The summed E-state index contributed by atoms with van der Waals surface area (Å²) in [5.41, 5.74) is 0.908. The Hall–Kier alpha value is -1.79. The summed E-state index contributed by atoms with van der Waals surface area (Å²) < 4.78 is 49.8. The van der Waals surface area contributed by atoms with Gasteiger partial charge in [0.1, 0.15) is 18.1 Å². The van der Waals surface area contributed by atoms with Crippen molar-refractivity contribution in [2.24, 2.45) is 0 Å². The number of halogens is 4. The highest BCUT2D eigenvalue weighted by atomic mass is 35.5. The topological polar surface area (TPSA) is 18.5 Å². The van der Waals surface area contributed by atoms with Crippen LogP contribution in [0.2, 0.25) is 5.02 Å². The molecule has 0 bridgehead atoms. The second-order valence-corrected chi connectivity index (χ2v) is 7.70. The lowest BCUT2D eigenvalue weighted by atomic mass is 10.2. The fourth-order valence-electron chi connectivity index (χ4n) is 2.31. The molecule has 0 fully saturated rings. The van der Waals surface area contributed by atoms with Crippen molar-refractivity contribution in [3.63, 3.8) is 0 Å². The van der Waals surface area contributed by atoms with Gasteiger partial charge in [-0.15, -0.1) is 11.8 Å². The van der Waals surface area contributed by atoms with Crippen molar-refractivity contribution in [1.82, 2.24) is 0 Å². The van der Waals surface area contributed by atoms with Gasteiger partial charge < -0.3 is 9.47 Å². The first-order valence-electron chi connectivity index (χ1n) is 8.73. The Morgan fingerprint density at radius 2 is 1.89 bits per heavy atom. The maximum atomic E-state index is 12.9. The fourth-order valence-corrected chi connectivity index (χ4v) is 3.41. The van der Waals surface area contributed by atoms with Crippen LogP contribution in [0.15, 0.2) is 53.4 Å². The van der Waals surface area contributed by atoms with Gasteiger partial charge in [0.2, 0.25) is 0 Å². The van der Waals surface area contributed by atoms with Crippen LogP contribution in [-0.4, -0.2) is 19.0 Å². The molecule has 0 unspecified atom stereocenters. The predicted octanol–water partition coefficient (Wildman–Crippen LogP) is 7.18. The third-order valence-electron chi connectivity index (χ3n) is 3.74. The normalized spacial score (nSPS) is 11.4. The summed E-state index contributed by atoms with van der Waals surface area (Å²) in [6.07, 6.45) is -3.57. The predicted molar refractivity (Wildman–Crippen MR) is 109 cm³/mol. The molecule has 0 spiro atoms. The molecule has 0 aliphatic carbocycles. The van der Waals surface area contributed by atoms with Gasteiger partial charge in [-0.2, -0.15) is 13.2 Å². The zero-order chi connectivity index (χ0) is 20.7. The van der Waals surface area contributed by atoms with E-state index < -0.39 is 11.7 Å². The van der Waals surface area contributed by atoms with E-state index in [0.717, 1.165) is 34.3 Å². The second-order valence-electron chi connectivity index (χ2n) is 6.24. The molecule has 0 N–H and O–H groups in total. The SMILES string of the molecule is C=C(COc1ccc(Cl)c(C(F)(F)F)c1)CSc1ccc(OCCC)c(C)c1. The Labute approximate surface area is 172 Å². The monoisotopic (exact) mass is 430 g/mol. The van der Waals surface area contributed by atoms with Crippen LogP contribution in [0.25, 0.3) is 0 Å². The average molecular weight is 431 g/mol. The van der Waals surface area contributed by atoms with Crippen LogP contribution in [-0.2, 0) is 6.18 Å². The van der Waals surface area contributed by atoms with Crippen molar-refractivity contribution in [1.29, 1.82) is 0 Å². The van der Waals surface area contributed by atoms with Gasteiger partial charge in [-0.3, -0.25) is 0 Å². The van der Waals surface area contributed by atoms with E-state index in [2.05, 4.69) is 13.5 Å². The van der Waals surface area contributed by atoms with E-state index in [1.165, 1.54) is 12.1 Å². The van der Waals surface area contributed by atoms with Crippen molar-refractivity contribution in [2.75, 3.05) is 19.0 Å². The number of hydrogen-bond donors (Lipinski definition) is 0. The molecule has 152 valence electrons. The molecule has 0 aliphatic rings. The zero-order valence-electron chi connectivity index (χ0n) is 15.7. The number of aryl methyl sites for hydroxylation is 1. The zero-order valence-corrected chi connectivity index (χ0v) is 17.3. The molecule has 0 aliphatic heterocycles. The Bertz CT molecular complexity index is 822. The van der Waals surface area contributed by atoms with Crippen LogP contribution < -0.4 is 9.47 Å². The van der Waals surface area contributed by atoms with Gasteiger partial charge in [-0.25, -0.2) is 0 Å². The van der Waals surface area contributed by atoms with Crippen LogP contribution in [0.1, 0.15) is 24.5 Å². The van der Waals surface area contributed by atoms with E-state index in [-0.39, 0.29) is 17.4 Å². The molecule has 0 amide bonds. The third-order valence-corrected chi connectivity index (χ3v) is 5.21. The number of benzene rings is 2. The minimum atomic E-state index is -4.52. The molecule has 2 nitrogen and oxygen atoms in total. The number of alkyl halides is 3. The quantitative estimate of drug-likeness (QED) is 0.310. The molecule has 2 rings (SSSR count). The van der Waals surface area contributed by atoms with Gasteiger partial charge in [-0.1, -0.05) is 25.1 Å². The van der Waals surface area contributed by atoms with Crippen LogP contribution in [0, 0.1) is 6.92 Å². The molecule has 0 atom stereocenters. The Morgan fingerprint density at radius 3 is 2.54 bits per heavy atom. The standard InChI is InChI=1S/C21H22ClF3O2S/c1-4-9-26-20-8-6-17(10-15(20)3)28-13-14(2)12-27-16-5-7-19(22)18(11-16)21(23,24)25/h5-8,10-11H,2,4,9,12-13H2,1,3H3. The molecule has 7 heteroatoms. The Morgan fingerprint density at radius 1 is 1.14 bits per heavy atom. The smallest absolute Gasteiger partial charge is 0.417 e. The largest absolute Gasteiger partial charge is 0.493 e. The summed E-state index contributed by atoms with van der Waals surface area (Å²) in [5.74, 6) is 1.57. The lowest BCUT2D eigenvalue weighted by Crippen LogP contribution is -2.07. The van der Waals surface area contributed by atoms with Gasteiger partial charge >= 0.3 is 6.18 Å². The molecule has 2 aromatic rings. The van der Waals surface area contributed by atoms with Gasteiger partial charge in [0.15, 0.2) is 0 Å². The van der Waals surface area contributed by atoms with Crippen molar-refractivity contribution in [3.8, 4) is 11.5 Å². The van der Waals surface area contributed by atoms with Crippen molar-refractivity contribution < 1.29 is 22.6 Å². The lowest BCUT2D eigenvalue weighted by Gasteiger charge is -2.13. The Kier molecular flexibility index (Phi) is 8.13. The maximum Gasteiger partial charge on any atom is 0.417 e. The molecular formula is C21H22ClF3O2S. The molecule has 2 aromatic carbocycles. The molecular weight excluding hydrogens is 409 g/mol. The minimum Gasteiger partial charge on any atom is -0.493 e. The molecule has 28 heavy (non-hydrogen) atoms.